The Bertz CT molecular complexity index is 1440. The molecule has 178 valence electrons. The number of carbonyl (C=O) groups is 1. The Kier molecular flexibility index (Phi) is 5.24. The number of H-pyrrole nitrogens is 1. The normalized spacial score (nSPS) is 19.5. The summed E-state index contributed by atoms with van der Waals surface area (Å²) in [6.07, 6.45) is 5.36. The predicted octanol–water partition coefficient (Wildman–Crippen LogP) is 4.95. The second kappa shape index (κ2) is 8.33. The molecular weight excluding hydrogens is 436 g/mol. The molecule has 0 bridgehead atoms. The monoisotopic (exact) mass is 466 g/mol. The van der Waals surface area contributed by atoms with Crippen molar-refractivity contribution in [2.75, 3.05) is 27.7 Å². The van der Waals surface area contributed by atoms with E-state index in [9.17, 15) is 9.90 Å². The van der Waals surface area contributed by atoms with Gasteiger partial charge in [0.2, 0.25) is 0 Å². The van der Waals surface area contributed by atoms with Crippen molar-refractivity contribution in [2.24, 2.45) is 0 Å². The van der Waals surface area contributed by atoms with Crippen LogP contribution < -0.4 is 0 Å². The highest BCUT2D eigenvalue weighted by Crippen LogP contribution is 2.44. The van der Waals surface area contributed by atoms with Crippen molar-refractivity contribution in [3.63, 3.8) is 0 Å². The molecule has 2 atom stereocenters. The topological polar surface area (TPSA) is 72.5 Å². The van der Waals surface area contributed by atoms with Gasteiger partial charge in [-0.15, -0.1) is 0 Å². The number of carbonyl (C=O) groups excluding carboxylic acids is 1. The molecule has 1 aliphatic carbocycles. The van der Waals surface area contributed by atoms with Gasteiger partial charge in [-0.3, -0.25) is 4.79 Å². The van der Waals surface area contributed by atoms with Crippen LogP contribution in [0.15, 0.2) is 54.9 Å². The summed E-state index contributed by atoms with van der Waals surface area (Å²) in [5.41, 5.74) is 9.51. The van der Waals surface area contributed by atoms with Gasteiger partial charge < -0.3 is 19.9 Å². The van der Waals surface area contributed by atoms with Gasteiger partial charge in [0.15, 0.2) is 0 Å². The molecule has 1 aliphatic heterocycles. The van der Waals surface area contributed by atoms with Crippen LogP contribution in [0, 0.1) is 0 Å². The molecule has 0 spiro atoms. The van der Waals surface area contributed by atoms with Crippen LogP contribution in [-0.2, 0) is 6.54 Å². The van der Waals surface area contributed by atoms with Crippen LogP contribution in [0.5, 0.6) is 0 Å². The highest BCUT2D eigenvalue weighted by Gasteiger charge is 2.33. The summed E-state index contributed by atoms with van der Waals surface area (Å²) in [5.74, 6) is 0.501. The van der Waals surface area contributed by atoms with E-state index in [1.807, 2.05) is 36.7 Å². The first-order chi connectivity index (χ1) is 16.9. The maximum Gasteiger partial charge on any atom is 0.253 e. The minimum atomic E-state index is -0.397. The fourth-order valence-corrected chi connectivity index (χ4v) is 5.83. The number of aromatic amines is 1. The van der Waals surface area contributed by atoms with Crippen LogP contribution in [0.25, 0.3) is 33.3 Å². The van der Waals surface area contributed by atoms with Crippen molar-refractivity contribution in [1.82, 2.24) is 19.8 Å². The van der Waals surface area contributed by atoms with Crippen molar-refractivity contribution in [3.8, 4) is 22.3 Å². The van der Waals surface area contributed by atoms with Crippen molar-refractivity contribution < 1.29 is 9.90 Å². The Morgan fingerprint density at radius 1 is 1.09 bits per heavy atom. The van der Waals surface area contributed by atoms with Gasteiger partial charge >= 0.3 is 0 Å². The van der Waals surface area contributed by atoms with Crippen LogP contribution in [0.3, 0.4) is 0 Å². The molecule has 0 saturated carbocycles. The molecule has 1 amide bonds. The van der Waals surface area contributed by atoms with Gasteiger partial charge in [-0.1, -0.05) is 12.1 Å². The Morgan fingerprint density at radius 2 is 1.89 bits per heavy atom. The SMILES string of the molecule is CN1Cc2cc(-c3cnc4[nH]cc(-c5ccc(C(=O)N(C)C)cc5)c4c3)cc3c2C(CCC3O)C1. The number of aliphatic hydroxyl groups is 1. The van der Waals surface area contributed by atoms with Crippen LogP contribution in [0.4, 0.5) is 0 Å². The van der Waals surface area contributed by atoms with Crippen LogP contribution in [-0.4, -0.2) is 58.5 Å². The average Bonchev–Trinajstić information content (AvgIpc) is 3.28. The lowest BCUT2D eigenvalue weighted by Crippen LogP contribution is -2.33. The molecule has 6 nitrogen and oxygen atoms in total. The summed E-state index contributed by atoms with van der Waals surface area (Å²) in [4.78, 5) is 24.2. The van der Waals surface area contributed by atoms with E-state index in [-0.39, 0.29) is 5.91 Å². The third-order valence-corrected chi connectivity index (χ3v) is 7.54. The van der Waals surface area contributed by atoms with E-state index < -0.39 is 6.10 Å². The first kappa shape index (κ1) is 22.0. The lowest BCUT2D eigenvalue weighted by atomic mass is 9.75. The number of amides is 1. The molecule has 0 fully saturated rings. The molecule has 3 heterocycles. The molecule has 0 saturated heterocycles. The molecule has 2 N–H and O–H groups in total. The van der Waals surface area contributed by atoms with Gasteiger partial charge in [0, 0.05) is 61.7 Å². The first-order valence-electron chi connectivity index (χ1n) is 12.2. The quantitative estimate of drug-likeness (QED) is 0.448. The Labute approximate surface area is 205 Å². The number of benzene rings is 2. The lowest BCUT2D eigenvalue weighted by molar-refractivity contribution is 0.0827. The Morgan fingerprint density at radius 3 is 2.66 bits per heavy atom. The highest BCUT2D eigenvalue weighted by molar-refractivity contribution is 5.98. The third kappa shape index (κ3) is 3.74. The maximum atomic E-state index is 12.3. The number of rotatable bonds is 3. The molecule has 35 heavy (non-hydrogen) atoms. The summed E-state index contributed by atoms with van der Waals surface area (Å²) in [6, 6.07) is 14.4. The van der Waals surface area contributed by atoms with Crippen molar-refractivity contribution in [3.05, 3.63) is 77.1 Å². The van der Waals surface area contributed by atoms with Crippen molar-refractivity contribution >= 4 is 16.9 Å². The molecular formula is C29H30N4O2. The first-order valence-corrected chi connectivity index (χ1v) is 12.2. The number of fused-ring (bicyclic) bond motifs is 1. The Balaban J connectivity index is 1.42. The molecule has 2 unspecified atom stereocenters. The zero-order chi connectivity index (χ0) is 24.3. The van der Waals surface area contributed by atoms with Gasteiger partial charge in [0.05, 0.1) is 6.10 Å². The van der Waals surface area contributed by atoms with E-state index in [1.54, 1.807) is 19.0 Å². The van der Waals surface area contributed by atoms with Gasteiger partial charge in [-0.2, -0.15) is 0 Å². The molecule has 4 aromatic rings. The Hall–Kier alpha value is -3.48. The van der Waals surface area contributed by atoms with Crippen molar-refractivity contribution in [1.29, 1.82) is 0 Å². The zero-order valence-electron chi connectivity index (χ0n) is 20.4. The largest absolute Gasteiger partial charge is 0.388 e. The van der Waals surface area contributed by atoms with E-state index in [0.29, 0.717) is 11.5 Å². The fourth-order valence-electron chi connectivity index (χ4n) is 5.83. The molecule has 6 rings (SSSR count). The van der Waals surface area contributed by atoms with Gasteiger partial charge in [-0.25, -0.2) is 4.98 Å². The average molecular weight is 467 g/mol. The van der Waals surface area contributed by atoms with E-state index in [4.69, 9.17) is 4.98 Å². The number of hydrogen-bond donors (Lipinski definition) is 2. The van der Waals surface area contributed by atoms with Gasteiger partial charge in [-0.05, 0) is 84.0 Å². The number of nitrogens with zero attached hydrogens (tertiary/aromatic N) is 3. The minimum absolute atomic E-state index is 0.00845. The second-order valence-corrected chi connectivity index (χ2v) is 10.2. The second-order valence-electron chi connectivity index (χ2n) is 10.2. The summed E-state index contributed by atoms with van der Waals surface area (Å²) < 4.78 is 0. The van der Waals surface area contributed by atoms with Crippen molar-refractivity contribution in [2.45, 2.75) is 31.4 Å². The summed E-state index contributed by atoms with van der Waals surface area (Å²) >= 11 is 0. The minimum Gasteiger partial charge on any atom is -0.388 e. The third-order valence-electron chi connectivity index (χ3n) is 7.54. The number of hydrogen-bond acceptors (Lipinski definition) is 4. The van der Waals surface area contributed by atoms with Crippen LogP contribution >= 0.6 is 0 Å². The number of aliphatic hydroxyl groups excluding tert-OH is 1. The van der Waals surface area contributed by atoms with E-state index >= 15 is 0 Å². The van der Waals surface area contributed by atoms with Crippen LogP contribution in [0.2, 0.25) is 0 Å². The molecule has 6 heteroatoms. The predicted molar refractivity (Wildman–Crippen MR) is 138 cm³/mol. The lowest BCUT2D eigenvalue weighted by Gasteiger charge is -2.38. The smallest absolute Gasteiger partial charge is 0.253 e. The maximum absolute atomic E-state index is 12.3. The standard InChI is InChI=1S/C29H30N4O2/c1-32(2)29(35)18-6-4-17(5-7-18)25-14-31-28-23(25)12-21(13-30-28)20-10-22-16-33(3)15-19-8-9-26(34)24(11-20)27(19)22/h4-7,10-14,19,26,34H,8-9,15-16H2,1-3H3,(H,30,31). The fraction of sp³-hybridized carbons (Fsp3) is 0.310. The van der Waals surface area contributed by atoms with Gasteiger partial charge in [0.1, 0.15) is 5.65 Å². The van der Waals surface area contributed by atoms with Crippen LogP contribution in [0.1, 0.15) is 51.9 Å². The van der Waals surface area contributed by atoms with E-state index in [0.717, 1.165) is 64.8 Å². The molecule has 2 aliphatic rings. The van der Waals surface area contributed by atoms with E-state index in [1.165, 1.54) is 11.1 Å². The molecule has 0 radical (unpaired) electrons. The zero-order valence-corrected chi connectivity index (χ0v) is 20.4. The summed E-state index contributed by atoms with van der Waals surface area (Å²) in [6.45, 7) is 1.97. The summed E-state index contributed by atoms with van der Waals surface area (Å²) in [5, 5.41) is 11.9. The summed E-state index contributed by atoms with van der Waals surface area (Å²) in [7, 11) is 5.70. The highest BCUT2D eigenvalue weighted by atomic mass is 16.3. The number of nitrogens with one attached hydrogen (secondary N) is 1. The van der Waals surface area contributed by atoms with E-state index in [2.05, 4.69) is 35.1 Å². The molecule has 2 aromatic heterocycles. The number of likely N-dealkylation sites (N-methyl/N-ethyl adjacent to an activating group) is 1. The molecule has 2 aromatic carbocycles. The number of pyridine rings is 1. The van der Waals surface area contributed by atoms with Gasteiger partial charge in [0.25, 0.3) is 5.91 Å². The number of aromatic nitrogens is 2.